The summed E-state index contributed by atoms with van der Waals surface area (Å²) >= 11 is 0. The van der Waals surface area contributed by atoms with Crippen LogP contribution in [0.2, 0.25) is 0 Å². The van der Waals surface area contributed by atoms with Crippen LogP contribution in [0, 0.1) is 12.3 Å². The maximum absolute atomic E-state index is 11.5. The van der Waals surface area contributed by atoms with Crippen molar-refractivity contribution in [2.75, 3.05) is 25.0 Å². The molecule has 0 fully saturated rings. The van der Waals surface area contributed by atoms with Crippen LogP contribution >= 0.6 is 0 Å². The summed E-state index contributed by atoms with van der Waals surface area (Å²) < 4.78 is 0. The molecule has 19 heavy (non-hydrogen) atoms. The van der Waals surface area contributed by atoms with Gasteiger partial charge in [-0.15, -0.1) is 6.42 Å². The Morgan fingerprint density at radius 3 is 2.74 bits per heavy atom. The van der Waals surface area contributed by atoms with Crippen LogP contribution in [0.15, 0.2) is 18.3 Å². The van der Waals surface area contributed by atoms with Crippen LogP contribution in [0.3, 0.4) is 0 Å². The van der Waals surface area contributed by atoms with Crippen molar-refractivity contribution in [3.05, 3.63) is 23.9 Å². The molecule has 0 aliphatic rings. The fourth-order valence-electron chi connectivity index (χ4n) is 1.28. The van der Waals surface area contributed by atoms with E-state index in [1.807, 2.05) is 6.92 Å². The van der Waals surface area contributed by atoms with Gasteiger partial charge in [0.1, 0.15) is 5.82 Å². The summed E-state index contributed by atoms with van der Waals surface area (Å²) in [5.74, 6) is 2.44. The highest BCUT2D eigenvalue weighted by Gasteiger charge is 2.05. The van der Waals surface area contributed by atoms with E-state index in [0.717, 1.165) is 0 Å². The predicted molar refractivity (Wildman–Crippen MR) is 72.6 cm³/mol. The van der Waals surface area contributed by atoms with Gasteiger partial charge in [0.05, 0.1) is 18.7 Å². The van der Waals surface area contributed by atoms with Crippen LogP contribution in [0.5, 0.6) is 0 Å². The van der Waals surface area contributed by atoms with Gasteiger partial charge in [-0.05, 0) is 19.1 Å². The number of hydrogen-bond donors (Lipinski definition) is 3. The standard InChI is InChI=1S/C13H16N4O2/c1-3-7-15-12(18)9-17-11-6-5-10(8-16-11)13(19)14-4-2/h1,5-6,8H,4,7,9H2,2H3,(H,14,19)(H,15,18)(H,16,17). The van der Waals surface area contributed by atoms with Gasteiger partial charge in [-0.3, -0.25) is 9.59 Å². The second kappa shape index (κ2) is 7.71. The topological polar surface area (TPSA) is 83.1 Å². The SMILES string of the molecule is C#CCNC(=O)CNc1ccc(C(=O)NCC)cn1. The fraction of sp³-hybridized carbons (Fsp3) is 0.308. The molecule has 0 aliphatic carbocycles. The lowest BCUT2D eigenvalue weighted by atomic mass is 10.2. The van der Waals surface area contributed by atoms with E-state index in [4.69, 9.17) is 6.42 Å². The van der Waals surface area contributed by atoms with Crippen LogP contribution in [-0.2, 0) is 4.79 Å². The van der Waals surface area contributed by atoms with Gasteiger partial charge >= 0.3 is 0 Å². The minimum Gasteiger partial charge on any atom is -0.361 e. The summed E-state index contributed by atoms with van der Waals surface area (Å²) in [7, 11) is 0. The van der Waals surface area contributed by atoms with Crippen molar-refractivity contribution in [3.8, 4) is 12.3 Å². The van der Waals surface area contributed by atoms with Gasteiger partial charge in [-0.2, -0.15) is 0 Å². The summed E-state index contributed by atoms with van der Waals surface area (Å²) in [5, 5.41) is 8.02. The first kappa shape index (κ1) is 14.5. The minimum atomic E-state index is -0.215. The average Bonchev–Trinajstić information content (AvgIpc) is 2.43. The number of aromatic nitrogens is 1. The van der Waals surface area contributed by atoms with Gasteiger partial charge in [0.2, 0.25) is 5.91 Å². The van der Waals surface area contributed by atoms with E-state index >= 15 is 0 Å². The summed E-state index contributed by atoms with van der Waals surface area (Å²) in [6.45, 7) is 2.68. The minimum absolute atomic E-state index is 0.0786. The Balaban J connectivity index is 2.46. The molecule has 0 unspecified atom stereocenters. The zero-order valence-electron chi connectivity index (χ0n) is 10.7. The summed E-state index contributed by atoms with van der Waals surface area (Å²) in [6, 6.07) is 3.28. The Kier molecular flexibility index (Phi) is 5.89. The molecule has 0 saturated carbocycles. The summed E-state index contributed by atoms with van der Waals surface area (Å²) in [4.78, 5) is 26.8. The Morgan fingerprint density at radius 2 is 2.16 bits per heavy atom. The molecule has 0 radical (unpaired) electrons. The van der Waals surface area contributed by atoms with Crippen LogP contribution in [0.1, 0.15) is 17.3 Å². The lowest BCUT2D eigenvalue weighted by Crippen LogP contribution is -2.30. The molecule has 0 saturated heterocycles. The van der Waals surface area contributed by atoms with Crippen molar-refractivity contribution in [3.63, 3.8) is 0 Å². The fourth-order valence-corrected chi connectivity index (χ4v) is 1.28. The number of hydrogen-bond acceptors (Lipinski definition) is 4. The van der Waals surface area contributed by atoms with Gasteiger partial charge in [0.25, 0.3) is 5.91 Å². The van der Waals surface area contributed by atoms with E-state index < -0.39 is 0 Å². The van der Waals surface area contributed by atoms with Crippen molar-refractivity contribution in [2.45, 2.75) is 6.92 Å². The van der Waals surface area contributed by atoms with Crippen molar-refractivity contribution in [1.29, 1.82) is 0 Å². The Labute approximate surface area is 112 Å². The molecule has 0 atom stereocenters. The van der Waals surface area contributed by atoms with Gasteiger partial charge in [-0.25, -0.2) is 4.98 Å². The highest BCUT2D eigenvalue weighted by atomic mass is 16.2. The highest BCUT2D eigenvalue weighted by molar-refractivity contribution is 5.94. The quantitative estimate of drug-likeness (QED) is 0.628. The number of anilines is 1. The van der Waals surface area contributed by atoms with E-state index in [1.165, 1.54) is 6.20 Å². The number of nitrogens with one attached hydrogen (secondary N) is 3. The monoisotopic (exact) mass is 260 g/mol. The number of carbonyl (C=O) groups excluding carboxylic acids is 2. The molecular weight excluding hydrogens is 244 g/mol. The first-order valence-corrected chi connectivity index (χ1v) is 5.85. The maximum Gasteiger partial charge on any atom is 0.252 e. The first-order valence-electron chi connectivity index (χ1n) is 5.85. The highest BCUT2D eigenvalue weighted by Crippen LogP contribution is 2.04. The molecule has 1 aromatic heterocycles. The van der Waals surface area contributed by atoms with Gasteiger partial charge in [0, 0.05) is 12.7 Å². The molecule has 1 heterocycles. The smallest absolute Gasteiger partial charge is 0.252 e. The third kappa shape index (κ3) is 5.08. The van der Waals surface area contributed by atoms with E-state index in [-0.39, 0.29) is 24.9 Å². The Hall–Kier alpha value is -2.55. The summed E-state index contributed by atoms with van der Waals surface area (Å²) in [6.07, 6.45) is 6.47. The van der Waals surface area contributed by atoms with E-state index in [2.05, 4.69) is 26.9 Å². The zero-order chi connectivity index (χ0) is 14.1. The number of terminal acetylenes is 1. The van der Waals surface area contributed by atoms with E-state index in [0.29, 0.717) is 17.9 Å². The second-order valence-corrected chi connectivity index (χ2v) is 3.63. The Morgan fingerprint density at radius 1 is 1.37 bits per heavy atom. The molecule has 0 bridgehead atoms. The molecular formula is C13H16N4O2. The zero-order valence-corrected chi connectivity index (χ0v) is 10.7. The third-order valence-electron chi connectivity index (χ3n) is 2.18. The molecule has 3 N–H and O–H groups in total. The molecule has 0 aliphatic heterocycles. The van der Waals surface area contributed by atoms with Gasteiger partial charge < -0.3 is 16.0 Å². The maximum atomic E-state index is 11.5. The van der Waals surface area contributed by atoms with Crippen molar-refractivity contribution in [2.24, 2.45) is 0 Å². The van der Waals surface area contributed by atoms with Crippen molar-refractivity contribution >= 4 is 17.6 Å². The van der Waals surface area contributed by atoms with E-state index in [1.54, 1.807) is 12.1 Å². The van der Waals surface area contributed by atoms with Crippen LogP contribution in [0.4, 0.5) is 5.82 Å². The molecule has 100 valence electrons. The number of rotatable bonds is 6. The third-order valence-corrected chi connectivity index (χ3v) is 2.18. The van der Waals surface area contributed by atoms with Crippen LogP contribution < -0.4 is 16.0 Å². The Bertz CT molecular complexity index is 476. The molecule has 6 heteroatoms. The van der Waals surface area contributed by atoms with Crippen LogP contribution in [0.25, 0.3) is 0 Å². The lowest BCUT2D eigenvalue weighted by Gasteiger charge is -2.06. The van der Waals surface area contributed by atoms with Crippen molar-refractivity contribution in [1.82, 2.24) is 15.6 Å². The number of pyridine rings is 1. The molecule has 1 rings (SSSR count). The molecule has 0 aromatic carbocycles. The average molecular weight is 260 g/mol. The molecule has 2 amide bonds. The molecule has 6 nitrogen and oxygen atoms in total. The summed E-state index contributed by atoms with van der Waals surface area (Å²) in [5.41, 5.74) is 0.476. The number of amides is 2. The van der Waals surface area contributed by atoms with Gasteiger partial charge in [0.15, 0.2) is 0 Å². The normalized spacial score (nSPS) is 9.26. The second-order valence-electron chi connectivity index (χ2n) is 3.63. The predicted octanol–water partition coefficient (Wildman–Crippen LogP) is -0.00740. The lowest BCUT2D eigenvalue weighted by molar-refractivity contribution is -0.119. The van der Waals surface area contributed by atoms with Gasteiger partial charge in [-0.1, -0.05) is 5.92 Å². The van der Waals surface area contributed by atoms with E-state index in [9.17, 15) is 9.59 Å². The van der Waals surface area contributed by atoms with Crippen LogP contribution in [-0.4, -0.2) is 36.4 Å². The number of carbonyl (C=O) groups is 2. The van der Waals surface area contributed by atoms with Crippen molar-refractivity contribution < 1.29 is 9.59 Å². The first-order chi connectivity index (χ1) is 9.17. The largest absolute Gasteiger partial charge is 0.361 e. The molecule has 1 aromatic rings. The number of nitrogens with zero attached hydrogens (tertiary/aromatic N) is 1. The molecule has 0 spiro atoms.